The van der Waals surface area contributed by atoms with E-state index >= 15 is 0 Å². The molecule has 0 amide bonds. The number of allylic oxidation sites excluding steroid dienone is 1. The van der Waals surface area contributed by atoms with Crippen LogP contribution < -0.4 is 14.2 Å². The molecule has 5 nitrogen and oxygen atoms in total. The van der Waals surface area contributed by atoms with Gasteiger partial charge in [-0.25, -0.2) is 0 Å². The molecule has 0 radical (unpaired) electrons. The van der Waals surface area contributed by atoms with Gasteiger partial charge in [0.25, 0.3) is 0 Å². The summed E-state index contributed by atoms with van der Waals surface area (Å²) in [5, 5.41) is 0. The van der Waals surface area contributed by atoms with Gasteiger partial charge < -0.3 is 14.2 Å². The van der Waals surface area contributed by atoms with E-state index in [-0.39, 0.29) is 11.7 Å². The Morgan fingerprint density at radius 1 is 0.960 bits per heavy atom. The SMILES string of the molecule is C=C[C@H](c1ccccc1)c1cc(OC(C)=O)c(OC)cc1OC(C)=O. The van der Waals surface area contributed by atoms with Crippen LogP contribution in [-0.2, 0) is 9.59 Å². The molecule has 0 saturated heterocycles. The Morgan fingerprint density at radius 3 is 2.08 bits per heavy atom. The zero-order valence-corrected chi connectivity index (χ0v) is 14.4. The van der Waals surface area contributed by atoms with Gasteiger partial charge in [-0.3, -0.25) is 9.59 Å². The molecule has 2 aromatic carbocycles. The summed E-state index contributed by atoms with van der Waals surface area (Å²) < 4.78 is 15.8. The number of benzene rings is 2. The molecule has 0 aliphatic rings. The zero-order valence-electron chi connectivity index (χ0n) is 14.4. The predicted octanol–water partition coefficient (Wildman–Crippen LogP) is 3.86. The third kappa shape index (κ3) is 4.47. The lowest BCUT2D eigenvalue weighted by atomic mass is 9.90. The van der Waals surface area contributed by atoms with Gasteiger partial charge in [-0.1, -0.05) is 36.4 Å². The highest BCUT2D eigenvalue weighted by molar-refractivity contribution is 5.73. The maximum atomic E-state index is 11.5. The maximum absolute atomic E-state index is 11.5. The smallest absolute Gasteiger partial charge is 0.308 e. The van der Waals surface area contributed by atoms with Crippen molar-refractivity contribution in [2.45, 2.75) is 19.8 Å². The number of carbonyl (C=O) groups excluding carboxylic acids is 2. The lowest BCUT2D eigenvalue weighted by Crippen LogP contribution is -2.09. The highest BCUT2D eigenvalue weighted by Gasteiger charge is 2.21. The molecule has 0 aliphatic carbocycles. The number of esters is 2. The molecule has 1 atom stereocenters. The predicted molar refractivity (Wildman–Crippen MR) is 94.1 cm³/mol. The Kier molecular flexibility index (Phi) is 5.95. The largest absolute Gasteiger partial charge is 0.493 e. The Bertz CT molecular complexity index is 780. The lowest BCUT2D eigenvalue weighted by Gasteiger charge is -2.20. The second kappa shape index (κ2) is 8.15. The third-order valence-electron chi connectivity index (χ3n) is 3.53. The maximum Gasteiger partial charge on any atom is 0.308 e. The fourth-order valence-corrected chi connectivity index (χ4v) is 2.54. The van der Waals surface area contributed by atoms with Crippen molar-refractivity contribution in [2.75, 3.05) is 7.11 Å². The summed E-state index contributed by atoms with van der Waals surface area (Å²) in [6, 6.07) is 12.8. The summed E-state index contributed by atoms with van der Waals surface area (Å²) in [6.07, 6.45) is 1.74. The molecule has 0 spiro atoms. The van der Waals surface area contributed by atoms with Gasteiger partial charge in [0.1, 0.15) is 5.75 Å². The first-order chi connectivity index (χ1) is 12.0. The Balaban J connectivity index is 2.64. The van der Waals surface area contributed by atoms with Crippen molar-refractivity contribution in [1.82, 2.24) is 0 Å². The van der Waals surface area contributed by atoms with Gasteiger partial charge in [0.05, 0.1) is 7.11 Å². The highest BCUT2D eigenvalue weighted by atomic mass is 16.6. The fraction of sp³-hybridized carbons (Fsp3) is 0.200. The molecule has 0 saturated carbocycles. The zero-order chi connectivity index (χ0) is 18.4. The molecular formula is C20H20O5. The Hall–Kier alpha value is -3.08. The molecule has 0 heterocycles. The van der Waals surface area contributed by atoms with Gasteiger partial charge in [0.2, 0.25) is 0 Å². The van der Waals surface area contributed by atoms with Crippen LogP contribution in [0.1, 0.15) is 30.9 Å². The molecule has 0 aromatic heterocycles. The van der Waals surface area contributed by atoms with E-state index in [9.17, 15) is 9.59 Å². The second-order valence-corrected chi connectivity index (χ2v) is 5.35. The van der Waals surface area contributed by atoms with Crippen molar-refractivity contribution in [1.29, 1.82) is 0 Å². The van der Waals surface area contributed by atoms with Crippen molar-refractivity contribution in [3.05, 3.63) is 66.2 Å². The monoisotopic (exact) mass is 340 g/mol. The van der Waals surface area contributed by atoms with E-state index in [1.807, 2.05) is 30.3 Å². The normalized spacial score (nSPS) is 11.3. The van der Waals surface area contributed by atoms with Crippen molar-refractivity contribution in [3.63, 3.8) is 0 Å². The van der Waals surface area contributed by atoms with Crippen molar-refractivity contribution in [2.24, 2.45) is 0 Å². The van der Waals surface area contributed by atoms with E-state index in [4.69, 9.17) is 14.2 Å². The minimum absolute atomic E-state index is 0.253. The van der Waals surface area contributed by atoms with Crippen molar-refractivity contribution < 1.29 is 23.8 Å². The van der Waals surface area contributed by atoms with Gasteiger partial charge >= 0.3 is 11.9 Å². The van der Waals surface area contributed by atoms with Crippen molar-refractivity contribution >= 4 is 11.9 Å². The van der Waals surface area contributed by atoms with E-state index in [1.54, 1.807) is 12.1 Å². The summed E-state index contributed by atoms with van der Waals surface area (Å²) in [6.45, 7) is 6.52. The minimum Gasteiger partial charge on any atom is -0.493 e. The number of ether oxygens (including phenoxy) is 3. The van der Waals surface area contributed by atoms with Crippen molar-refractivity contribution in [3.8, 4) is 17.2 Å². The standard InChI is InChI=1S/C20H20O5/c1-5-16(15-9-7-6-8-10-15)17-11-20(25-14(3)22)19(23-4)12-18(17)24-13(2)21/h5-12,16H,1H2,2-4H3/t16-/m1/s1. The second-order valence-electron chi connectivity index (χ2n) is 5.35. The van der Waals surface area contributed by atoms with Crippen LogP contribution >= 0.6 is 0 Å². The molecular weight excluding hydrogens is 320 g/mol. The van der Waals surface area contributed by atoms with Crippen LogP contribution in [0, 0.1) is 0 Å². The summed E-state index contributed by atoms with van der Waals surface area (Å²) in [4.78, 5) is 22.9. The Labute approximate surface area is 146 Å². The van der Waals surface area contributed by atoms with Crippen LogP contribution in [0.5, 0.6) is 17.2 Å². The summed E-state index contributed by atoms with van der Waals surface area (Å²) in [7, 11) is 1.45. The fourth-order valence-electron chi connectivity index (χ4n) is 2.54. The van der Waals surface area contributed by atoms with E-state index in [1.165, 1.54) is 27.0 Å². The minimum atomic E-state index is -0.473. The van der Waals surface area contributed by atoms with Crippen LogP contribution in [0.4, 0.5) is 0 Å². The molecule has 0 N–H and O–H groups in total. The summed E-state index contributed by atoms with van der Waals surface area (Å²) >= 11 is 0. The van der Waals surface area contributed by atoms with E-state index in [2.05, 4.69) is 6.58 Å². The van der Waals surface area contributed by atoms with E-state index in [0.29, 0.717) is 17.1 Å². The van der Waals surface area contributed by atoms with Gasteiger partial charge in [-0.2, -0.15) is 0 Å². The first kappa shape index (κ1) is 18.3. The third-order valence-corrected chi connectivity index (χ3v) is 3.53. The number of carbonyl (C=O) groups is 2. The quantitative estimate of drug-likeness (QED) is 0.454. The molecule has 25 heavy (non-hydrogen) atoms. The average molecular weight is 340 g/mol. The van der Waals surface area contributed by atoms with Crippen LogP contribution in [0.2, 0.25) is 0 Å². The number of methoxy groups -OCH3 is 1. The topological polar surface area (TPSA) is 61.8 Å². The molecule has 0 unspecified atom stereocenters. The van der Waals surface area contributed by atoms with Crippen LogP contribution in [0.15, 0.2) is 55.1 Å². The summed E-state index contributed by atoms with van der Waals surface area (Å²) in [5.74, 6) is -0.307. The van der Waals surface area contributed by atoms with E-state index < -0.39 is 11.9 Å². The van der Waals surface area contributed by atoms with Gasteiger partial charge in [0.15, 0.2) is 11.5 Å². The van der Waals surface area contributed by atoms with E-state index in [0.717, 1.165) is 5.56 Å². The first-order valence-corrected chi connectivity index (χ1v) is 7.72. The summed E-state index contributed by atoms with van der Waals surface area (Å²) in [5.41, 5.74) is 1.61. The lowest BCUT2D eigenvalue weighted by molar-refractivity contribution is -0.133. The number of rotatable bonds is 6. The molecule has 130 valence electrons. The van der Waals surface area contributed by atoms with Crippen LogP contribution in [0.25, 0.3) is 0 Å². The molecule has 0 aliphatic heterocycles. The first-order valence-electron chi connectivity index (χ1n) is 7.72. The van der Waals surface area contributed by atoms with Gasteiger partial charge in [0, 0.05) is 31.4 Å². The number of hydrogen-bond acceptors (Lipinski definition) is 5. The molecule has 0 bridgehead atoms. The molecule has 0 fully saturated rings. The van der Waals surface area contributed by atoms with Gasteiger partial charge in [-0.15, -0.1) is 6.58 Å². The van der Waals surface area contributed by atoms with Crippen LogP contribution in [0.3, 0.4) is 0 Å². The van der Waals surface area contributed by atoms with Gasteiger partial charge in [-0.05, 0) is 11.6 Å². The number of hydrogen-bond donors (Lipinski definition) is 0. The Morgan fingerprint density at radius 2 is 1.56 bits per heavy atom. The highest BCUT2D eigenvalue weighted by Crippen LogP contribution is 2.41. The molecule has 2 aromatic rings. The molecule has 5 heteroatoms. The molecule has 2 rings (SSSR count). The average Bonchev–Trinajstić information content (AvgIpc) is 2.57. The van der Waals surface area contributed by atoms with Crippen LogP contribution in [-0.4, -0.2) is 19.0 Å².